The van der Waals surface area contributed by atoms with Crippen molar-refractivity contribution in [3.63, 3.8) is 0 Å². The number of hydrogen-bond acceptors (Lipinski definition) is 5. The molecule has 0 aliphatic carbocycles. The first-order chi connectivity index (χ1) is 12.0. The van der Waals surface area contributed by atoms with Crippen LogP contribution in [0.3, 0.4) is 0 Å². The molecule has 1 aromatic carbocycles. The minimum absolute atomic E-state index is 0.130. The highest BCUT2D eigenvalue weighted by atomic mass is 32.1. The minimum Gasteiger partial charge on any atom is -0.451 e. The second kappa shape index (κ2) is 7.78. The third-order valence-electron chi connectivity index (χ3n) is 4.47. The molecule has 1 fully saturated rings. The molecule has 3 rings (SSSR count). The van der Waals surface area contributed by atoms with Crippen molar-refractivity contribution in [3.8, 4) is 10.6 Å². The van der Waals surface area contributed by atoms with Crippen LogP contribution in [0.1, 0.15) is 35.8 Å². The van der Waals surface area contributed by atoms with Crippen LogP contribution in [0, 0.1) is 12.8 Å². The van der Waals surface area contributed by atoms with E-state index < -0.39 is 5.97 Å². The molecule has 0 bridgehead atoms. The smallest absolute Gasteiger partial charge is 0.358 e. The largest absolute Gasteiger partial charge is 0.451 e. The summed E-state index contributed by atoms with van der Waals surface area (Å²) in [5.41, 5.74) is 2.39. The molecule has 132 valence electrons. The van der Waals surface area contributed by atoms with Gasteiger partial charge in [-0.05, 0) is 25.7 Å². The van der Waals surface area contributed by atoms with E-state index in [-0.39, 0.29) is 18.2 Å². The van der Waals surface area contributed by atoms with Crippen LogP contribution >= 0.6 is 11.3 Å². The number of carbonyl (C=O) groups excluding carboxylic acids is 2. The van der Waals surface area contributed by atoms with Crippen molar-refractivity contribution in [2.24, 2.45) is 5.92 Å². The molecule has 0 radical (unpaired) electrons. The summed E-state index contributed by atoms with van der Waals surface area (Å²) in [5.74, 6) is -0.0237. The Morgan fingerprint density at radius 3 is 2.60 bits per heavy atom. The molecule has 6 heteroatoms. The van der Waals surface area contributed by atoms with Crippen molar-refractivity contribution in [3.05, 3.63) is 40.9 Å². The lowest BCUT2D eigenvalue weighted by atomic mass is 9.99. The van der Waals surface area contributed by atoms with Crippen LogP contribution in [0.15, 0.2) is 29.6 Å². The molecule has 1 aromatic heterocycles. The quantitative estimate of drug-likeness (QED) is 0.785. The van der Waals surface area contributed by atoms with Crippen LogP contribution < -0.4 is 0 Å². The van der Waals surface area contributed by atoms with Gasteiger partial charge in [0.1, 0.15) is 5.01 Å². The van der Waals surface area contributed by atoms with Crippen molar-refractivity contribution in [2.45, 2.75) is 26.7 Å². The molecule has 1 aliphatic rings. The molecule has 2 heterocycles. The van der Waals surface area contributed by atoms with Gasteiger partial charge in [-0.3, -0.25) is 4.79 Å². The van der Waals surface area contributed by atoms with Gasteiger partial charge in [-0.25, -0.2) is 9.78 Å². The van der Waals surface area contributed by atoms with Gasteiger partial charge < -0.3 is 9.64 Å². The predicted octanol–water partition coefficient (Wildman–Crippen LogP) is 3.53. The van der Waals surface area contributed by atoms with E-state index in [9.17, 15) is 9.59 Å². The van der Waals surface area contributed by atoms with Gasteiger partial charge in [0.2, 0.25) is 0 Å². The number of ether oxygens (including phenoxy) is 1. The topological polar surface area (TPSA) is 59.5 Å². The van der Waals surface area contributed by atoms with Crippen molar-refractivity contribution in [2.75, 3.05) is 19.7 Å². The fourth-order valence-corrected chi connectivity index (χ4v) is 3.54. The summed E-state index contributed by atoms with van der Waals surface area (Å²) in [6.07, 6.45) is 2.01. The number of carbonyl (C=O) groups is 2. The van der Waals surface area contributed by atoms with Gasteiger partial charge in [0.15, 0.2) is 12.3 Å². The van der Waals surface area contributed by atoms with Crippen molar-refractivity contribution < 1.29 is 14.3 Å². The highest BCUT2D eigenvalue weighted by molar-refractivity contribution is 7.13. The summed E-state index contributed by atoms with van der Waals surface area (Å²) >= 11 is 1.39. The third-order valence-corrected chi connectivity index (χ3v) is 5.37. The average molecular weight is 358 g/mol. The maximum atomic E-state index is 12.1. The number of aryl methyl sites for hydroxylation is 1. The molecule has 0 unspecified atom stereocenters. The molecule has 1 saturated heterocycles. The Morgan fingerprint density at radius 2 is 1.92 bits per heavy atom. The van der Waals surface area contributed by atoms with E-state index >= 15 is 0 Å². The van der Waals surface area contributed by atoms with Crippen LogP contribution in [0.25, 0.3) is 10.6 Å². The maximum absolute atomic E-state index is 12.1. The van der Waals surface area contributed by atoms with E-state index in [1.165, 1.54) is 16.9 Å². The predicted molar refractivity (Wildman–Crippen MR) is 97.5 cm³/mol. The third kappa shape index (κ3) is 4.45. The molecule has 0 N–H and O–H groups in total. The number of amides is 1. The van der Waals surface area contributed by atoms with Crippen LogP contribution in [0.4, 0.5) is 0 Å². The Kier molecular flexibility index (Phi) is 5.48. The summed E-state index contributed by atoms with van der Waals surface area (Å²) in [4.78, 5) is 30.4. The molecule has 2 aromatic rings. The lowest BCUT2D eigenvalue weighted by Gasteiger charge is -2.30. The Morgan fingerprint density at radius 1 is 1.24 bits per heavy atom. The van der Waals surface area contributed by atoms with Gasteiger partial charge in [-0.2, -0.15) is 0 Å². The minimum atomic E-state index is -0.548. The number of aromatic nitrogens is 1. The van der Waals surface area contributed by atoms with Gasteiger partial charge in [-0.15, -0.1) is 11.3 Å². The maximum Gasteiger partial charge on any atom is 0.358 e. The first-order valence-corrected chi connectivity index (χ1v) is 9.38. The molecule has 0 spiro atoms. The molecular weight excluding hydrogens is 336 g/mol. The molecule has 1 aliphatic heterocycles. The van der Waals surface area contributed by atoms with Crippen molar-refractivity contribution in [1.82, 2.24) is 9.88 Å². The number of rotatable bonds is 4. The summed E-state index contributed by atoms with van der Waals surface area (Å²) in [7, 11) is 0. The zero-order chi connectivity index (χ0) is 17.8. The lowest BCUT2D eigenvalue weighted by Crippen LogP contribution is -2.40. The lowest BCUT2D eigenvalue weighted by molar-refractivity contribution is -0.135. The summed E-state index contributed by atoms with van der Waals surface area (Å²) in [5, 5.41) is 2.44. The molecule has 1 amide bonds. The van der Waals surface area contributed by atoms with E-state index in [1.807, 2.05) is 31.2 Å². The number of benzene rings is 1. The van der Waals surface area contributed by atoms with Crippen molar-refractivity contribution in [1.29, 1.82) is 0 Å². The second-order valence-corrected chi connectivity index (χ2v) is 7.40. The van der Waals surface area contributed by atoms with Gasteiger partial charge >= 0.3 is 5.97 Å². The second-order valence-electron chi connectivity index (χ2n) is 6.54. The van der Waals surface area contributed by atoms with Crippen LogP contribution in [0.2, 0.25) is 0 Å². The number of nitrogens with zero attached hydrogens (tertiary/aromatic N) is 2. The van der Waals surface area contributed by atoms with Gasteiger partial charge in [0.05, 0.1) is 0 Å². The molecular formula is C19H22N2O3S. The summed E-state index contributed by atoms with van der Waals surface area (Å²) < 4.78 is 5.15. The molecule has 25 heavy (non-hydrogen) atoms. The number of thiazole rings is 1. The molecule has 0 saturated carbocycles. The zero-order valence-corrected chi connectivity index (χ0v) is 15.3. The van der Waals surface area contributed by atoms with Gasteiger partial charge in [-0.1, -0.05) is 36.8 Å². The van der Waals surface area contributed by atoms with Crippen LogP contribution in [0.5, 0.6) is 0 Å². The Balaban J connectivity index is 1.55. The standard InChI is InChI=1S/C19H22N2O3S/c1-13-3-5-15(6-4-13)18-20-16(12-25-18)19(23)24-11-17(22)21-9-7-14(2)8-10-21/h3-6,12,14H,7-11H2,1-2H3. The van der Waals surface area contributed by atoms with Crippen molar-refractivity contribution >= 4 is 23.2 Å². The van der Waals surface area contributed by atoms with E-state index in [0.717, 1.165) is 36.5 Å². The summed E-state index contributed by atoms with van der Waals surface area (Å²) in [6, 6.07) is 7.97. The van der Waals surface area contributed by atoms with E-state index in [4.69, 9.17) is 4.74 Å². The fourth-order valence-electron chi connectivity index (χ4n) is 2.75. The Labute approximate surface area is 151 Å². The van der Waals surface area contributed by atoms with E-state index in [1.54, 1.807) is 10.3 Å². The van der Waals surface area contributed by atoms with E-state index in [2.05, 4.69) is 11.9 Å². The number of likely N-dealkylation sites (tertiary alicyclic amines) is 1. The monoisotopic (exact) mass is 358 g/mol. The zero-order valence-electron chi connectivity index (χ0n) is 14.5. The number of hydrogen-bond donors (Lipinski definition) is 0. The highest BCUT2D eigenvalue weighted by Crippen LogP contribution is 2.24. The Bertz CT molecular complexity index is 746. The van der Waals surface area contributed by atoms with Gasteiger partial charge in [0, 0.05) is 24.0 Å². The first-order valence-electron chi connectivity index (χ1n) is 8.50. The fraction of sp³-hybridized carbons (Fsp3) is 0.421. The Hall–Kier alpha value is -2.21. The number of piperidine rings is 1. The van der Waals surface area contributed by atoms with Crippen LogP contribution in [-0.4, -0.2) is 41.5 Å². The normalized spacial score (nSPS) is 15.2. The van der Waals surface area contributed by atoms with Gasteiger partial charge in [0.25, 0.3) is 5.91 Å². The molecule has 5 nitrogen and oxygen atoms in total. The van der Waals surface area contributed by atoms with Crippen LogP contribution in [-0.2, 0) is 9.53 Å². The average Bonchev–Trinajstić information content (AvgIpc) is 3.11. The first kappa shape index (κ1) is 17.6. The SMILES string of the molecule is Cc1ccc(-c2nc(C(=O)OCC(=O)N3CCC(C)CC3)cs2)cc1. The highest BCUT2D eigenvalue weighted by Gasteiger charge is 2.22. The van der Waals surface area contributed by atoms with E-state index in [0.29, 0.717) is 5.92 Å². The summed E-state index contributed by atoms with van der Waals surface area (Å²) in [6.45, 7) is 5.48. The molecule has 0 atom stereocenters. The number of esters is 1.